The molecule has 1 unspecified atom stereocenters. The predicted molar refractivity (Wildman–Crippen MR) is 151 cm³/mol. The van der Waals surface area contributed by atoms with Crippen LogP contribution < -0.4 is 4.90 Å². The van der Waals surface area contributed by atoms with Crippen LogP contribution in [0.15, 0.2) is 55.1 Å². The average Bonchev–Trinajstić information content (AvgIpc) is 2.90. The molecule has 1 aliphatic heterocycles. The number of rotatable bonds is 11. The summed E-state index contributed by atoms with van der Waals surface area (Å²) in [5, 5.41) is 0. The average molecular weight is 484 g/mol. The van der Waals surface area contributed by atoms with E-state index in [9.17, 15) is 0 Å². The molecule has 1 fully saturated rings. The van der Waals surface area contributed by atoms with Gasteiger partial charge in [0.2, 0.25) is 0 Å². The lowest BCUT2D eigenvalue weighted by atomic mass is 10.0. The number of allylic oxidation sites excluding steroid dienone is 1. The lowest BCUT2D eigenvalue weighted by Crippen LogP contribution is -2.37. The minimum absolute atomic E-state index is 0.208. The maximum atomic E-state index is 5.86. The number of aryl methyl sites for hydroxylation is 1. The van der Waals surface area contributed by atoms with Crippen LogP contribution in [0.4, 0.5) is 5.69 Å². The Morgan fingerprint density at radius 3 is 2.37 bits per heavy atom. The van der Waals surface area contributed by atoms with Crippen molar-refractivity contribution in [2.75, 3.05) is 38.4 Å². The van der Waals surface area contributed by atoms with Crippen LogP contribution >= 0.6 is 0 Å². The molecule has 0 saturated carbocycles. The molecule has 4 heteroatoms. The summed E-state index contributed by atoms with van der Waals surface area (Å²) in [4.78, 5) is 2.25. The van der Waals surface area contributed by atoms with Crippen LogP contribution in [0.2, 0.25) is 0 Å². The Morgan fingerprint density at radius 2 is 1.74 bits per heavy atom. The van der Waals surface area contributed by atoms with Gasteiger partial charge in [0.15, 0.2) is 0 Å². The molecular formula is C31H49NO3. The Morgan fingerprint density at radius 1 is 1.03 bits per heavy atom. The molecule has 2 aromatic carbocycles. The van der Waals surface area contributed by atoms with Crippen molar-refractivity contribution in [3.63, 3.8) is 0 Å². The lowest BCUT2D eigenvalue weighted by molar-refractivity contribution is 0.0174. The number of hydrogen-bond acceptors (Lipinski definition) is 4. The fourth-order valence-corrected chi connectivity index (χ4v) is 3.76. The van der Waals surface area contributed by atoms with Gasteiger partial charge in [0.1, 0.15) is 6.23 Å². The maximum absolute atomic E-state index is 5.86. The first-order valence-electron chi connectivity index (χ1n) is 13.3. The van der Waals surface area contributed by atoms with Crippen LogP contribution in [0.1, 0.15) is 76.5 Å². The Balaban J connectivity index is 0.000000332. The topological polar surface area (TPSA) is 30.9 Å². The molecule has 0 bridgehead atoms. The summed E-state index contributed by atoms with van der Waals surface area (Å²) >= 11 is 0. The van der Waals surface area contributed by atoms with E-state index in [0.717, 1.165) is 51.3 Å². The van der Waals surface area contributed by atoms with Gasteiger partial charge in [0.05, 0.1) is 6.61 Å². The molecule has 4 nitrogen and oxygen atoms in total. The van der Waals surface area contributed by atoms with Crippen LogP contribution in [0.3, 0.4) is 0 Å². The van der Waals surface area contributed by atoms with Gasteiger partial charge in [0, 0.05) is 44.7 Å². The molecule has 1 aliphatic rings. The van der Waals surface area contributed by atoms with Gasteiger partial charge in [-0.15, -0.1) is 0 Å². The molecular weight excluding hydrogens is 434 g/mol. The fourth-order valence-electron chi connectivity index (χ4n) is 3.76. The molecule has 0 radical (unpaired) electrons. The molecule has 196 valence electrons. The largest absolute Gasteiger partial charge is 0.381 e. The Hall–Kier alpha value is -2.14. The number of nitrogens with zero attached hydrogens (tertiary/aromatic N) is 1. The third-order valence-electron chi connectivity index (χ3n) is 5.62. The summed E-state index contributed by atoms with van der Waals surface area (Å²) in [6.45, 7) is 18.4. The van der Waals surface area contributed by atoms with E-state index in [-0.39, 0.29) is 6.23 Å². The second-order valence-corrected chi connectivity index (χ2v) is 8.74. The van der Waals surface area contributed by atoms with Crippen LogP contribution in [-0.2, 0) is 20.8 Å². The molecule has 0 N–H and O–H groups in total. The van der Waals surface area contributed by atoms with Gasteiger partial charge in [-0.25, -0.2) is 0 Å². The molecule has 0 aromatic heterocycles. The van der Waals surface area contributed by atoms with Gasteiger partial charge >= 0.3 is 0 Å². The predicted octanol–water partition coefficient (Wildman–Crippen LogP) is 8.04. The molecule has 1 atom stereocenters. The summed E-state index contributed by atoms with van der Waals surface area (Å²) in [6.07, 6.45) is 5.83. The zero-order chi connectivity index (χ0) is 25.9. The Labute approximate surface area is 215 Å². The van der Waals surface area contributed by atoms with Crippen LogP contribution in [0.5, 0.6) is 0 Å². The first-order valence-corrected chi connectivity index (χ1v) is 13.3. The molecule has 0 aliphatic carbocycles. The molecule has 1 heterocycles. The molecule has 0 amide bonds. The summed E-state index contributed by atoms with van der Waals surface area (Å²) < 4.78 is 16.7. The second-order valence-electron chi connectivity index (χ2n) is 8.74. The van der Waals surface area contributed by atoms with E-state index < -0.39 is 0 Å². The standard InChI is InChI=1S/C16H23NO.C13H20O2.C2H6/c1-12(2)14-11-13(3)8-9-15(14)17(4)16-7-5-6-10-18-16;1-2-9-14-10-6-11-15-12-13-7-4-3-5-8-13;1-2/h8-9,11,16H,1,5-7,10H2,2-4H3;3-5,7-8H,2,6,9-12H2,1H3;1-2H3. The quantitative estimate of drug-likeness (QED) is 0.303. The van der Waals surface area contributed by atoms with Gasteiger partial charge in [-0.3, -0.25) is 0 Å². The summed E-state index contributed by atoms with van der Waals surface area (Å²) in [7, 11) is 2.12. The van der Waals surface area contributed by atoms with E-state index in [1.165, 1.54) is 35.2 Å². The number of ether oxygens (including phenoxy) is 3. The number of benzene rings is 2. The molecule has 1 saturated heterocycles. The zero-order valence-corrected chi connectivity index (χ0v) is 23.1. The van der Waals surface area contributed by atoms with Crippen molar-refractivity contribution in [1.82, 2.24) is 0 Å². The molecule has 0 spiro atoms. The van der Waals surface area contributed by atoms with Gasteiger partial charge in [-0.05, 0) is 69.2 Å². The third-order valence-corrected chi connectivity index (χ3v) is 5.62. The van der Waals surface area contributed by atoms with Crippen molar-refractivity contribution in [2.45, 2.75) is 79.6 Å². The van der Waals surface area contributed by atoms with Gasteiger partial charge in [0.25, 0.3) is 0 Å². The number of hydrogen-bond donors (Lipinski definition) is 0. The SMILES string of the molecule is C=C(C)c1cc(C)ccc1N(C)C1CCCCO1.CC.CCCOCCCOCc1ccccc1. The van der Waals surface area contributed by atoms with E-state index in [1.54, 1.807) is 0 Å². The molecule has 35 heavy (non-hydrogen) atoms. The lowest BCUT2D eigenvalue weighted by Gasteiger charge is -2.34. The minimum atomic E-state index is 0.208. The highest BCUT2D eigenvalue weighted by atomic mass is 16.5. The van der Waals surface area contributed by atoms with Gasteiger partial charge < -0.3 is 19.1 Å². The van der Waals surface area contributed by atoms with Crippen molar-refractivity contribution >= 4 is 11.3 Å². The summed E-state index contributed by atoms with van der Waals surface area (Å²) in [6, 6.07) is 16.8. The Bertz CT molecular complexity index is 800. The normalized spacial score (nSPS) is 14.7. The first kappa shape index (κ1) is 30.9. The monoisotopic (exact) mass is 483 g/mol. The summed E-state index contributed by atoms with van der Waals surface area (Å²) in [5.74, 6) is 0. The van der Waals surface area contributed by atoms with Crippen LogP contribution in [-0.4, -0.2) is 39.7 Å². The van der Waals surface area contributed by atoms with Gasteiger partial charge in [-0.1, -0.05) is 69.3 Å². The number of anilines is 1. The van der Waals surface area contributed by atoms with E-state index in [0.29, 0.717) is 6.61 Å². The highest BCUT2D eigenvalue weighted by Crippen LogP contribution is 2.30. The van der Waals surface area contributed by atoms with Crippen molar-refractivity contribution in [3.8, 4) is 0 Å². The van der Waals surface area contributed by atoms with Crippen molar-refractivity contribution in [1.29, 1.82) is 0 Å². The van der Waals surface area contributed by atoms with Crippen molar-refractivity contribution < 1.29 is 14.2 Å². The van der Waals surface area contributed by atoms with Crippen LogP contribution in [0, 0.1) is 6.92 Å². The van der Waals surface area contributed by atoms with E-state index in [1.807, 2.05) is 32.0 Å². The van der Waals surface area contributed by atoms with E-state index in [2.05, 4.69) is 69.6 Å². The second kappa shape index (κ2) is 19.1. The van der Waals surface area contributed by atoms with Gasteiger partial charge in [-0.2, -0.15) is 0 Å². The van der Waals surface area contributed by atoms with Crippen molar-refractivity contribution in [2.24, 2.45) is 0 Å². The maximum Gasteiger partial charge on any atom is 0.129 e. The highest BCUT2D eigenvalue weighted by molar-refractivity contribution is 5.75. The van der Waals surface area contributed by atoms with E-state index in [4.69, 9.17) is 14.2 Å². The third kappa shape index (κ3) is 12.4. The zero-order valence-electron chi connectivity index (χ0n) is 23.1. The fraction of sp³-hybridized carbons (Fsp3) is 0.548. The van der Waals surface area contributed by atoms with Crippen molar-refractivity contribution in [3.05, 3.63) is 71.8 Å². The highest BCUT2D eigenvalue weighted by Gasteiger charge is 2.20. The molecule has 3 rings (SSSR count). The summed E-state index contributed by atoms with van der Waals surface area (Å²) in [5.41, 5.74) is 6.06. The van der Waals surface area contributed by atoms with Crippen LogP contribution in [0.25, 0.3) is 5.57 Å². The molecule has 2 aromatic rings. The van der Waals surface area contributed by atoms with E-state index >= 15 is 0 Å². The Kier molecular flexibility index (Phi) is 16.9. The minimum Gasteiger partial charge on any atom is -0.381 e. The first-order chi connectivity index (χ1) is 17.0. The smallest absolute Gasteiger partial charge is 0.129 e.